The first kappa shape index (κ1) is 11.6. The summed E-state index contributed by atoms with van der Waals surface area (Å²) in [7, 11) is 2.19. The van der Waals surface area contributed by atoms with Gasteiger partial charge in [0, 0.05) is 50.7 Å². The second-order valence-electron chi connectivity index (χ2n) is 4.68. The fraction of sp³-hybridized carbons (Fsp3) is 0.667. The molecule has 0 bridgehead atoms. The maximum atomic E-state index is 5.61. The highest BCUT2D eigenvalue weighted by Gasteiger charge is 2.20. The minimum absolute atomic E-state index is 0.491. The SMILES string of the molecule is CC(c1c[nH]c(CN)c1)N1CCN(C)CC1. The summed E-state index contributed by atoms with van der Waals surface area (Å²) in [6.07, 6.45) is 2.09. The third-order valence-electron chi connectivity index (χ3n) is 3.55. The van der Waals surface area contributed by atoms with Gasteiger partial charge in [0.25, 0.3) is 0 Å². The van der Waals surface area contributed by atoms with Gasteiger partial charge in [-0.2, -0.15) is 0 Å². The van der Waals surface area contributed by atoms with Crippen LogP contribution in [0, 0.1) is 0 Å². The molecule has 1 aliphatic heterocycles. The Bertz CT molecular complexity index is 326. The van der Waals surface area contributed by atoms with Crippen molar-refractivity contribution in [3.8, 4) is 0 Å². The largest absolute Gasteiger partial charge is 0.364 e. The molecule has 0 radical (unpaired) electrons. The Balaban J connectivity index is 1.98. The summed E-state index contributed by atoms with van der Waals surface area (Å²) in [6, 6.07) is 2.67. The molecule has 1 saturated heterocycles. The van der Waals surface area contributed by atoms with E-state index in [-0.39, 0.29) is 0 Å². The van der Waals surface area contributed by atoms with Crippen LogP contribution in [0.1, 0.15) is 24.2 Å². The van der Waals surface area contributed by atoms with Crippen molar-refractivity contribution in [1.29, 1.82) is 0 Å². The molecule has 90 valence electrons. The maximum absolute atomic E-state index is 5.61. The zero-order chi connectivity index (χ0) is 11.5. The van der Waals surface area contributed by atoms with Gasteiger partial charge in [-0.1, -0.05) is 0 Å². The topological polar surface area (TPSA) is 48.3 Å². The number of hydrogen-bond donors (Lipinski definition) is 2. The molecule has 0 aliphatic carbocycles. The Morgan fingerprint density at radius 3 is 2.62 bits per heavy atom. The predicted molar refractivity (Wildman–Crippen MR) is 66.2 cm³/mol. The van der Waals surface area contributed by atoms with Crippen LogP contribution in [-0.4, -0.2) is 48.0 Å². The van der Waals surface area contributed by atoms with E-state index in [1.165, 1.54) is 18.7 Å². The lowest BCUT2D eigenvalue weighted by atomic mass is 10.1. The van der Waals surface area contributed by atoms with Crippen molar-refractivity contribution in [1.82, 2.24) is 14.8 Å². The molecule has 0 spiro atoms. The summed E-state index contributed by atoms with van der Waals surface area (Å²) in [5.74, 6) is 0. The molecular weight excluding hydrogens is 200 g/mol. The number of nitrogens with one attached hydrogen (secondary N) is 1. The van der Waals surface area contributed by atoms with Crippen LogP contribution in [-0.2, 0) is 6.54 Å². The average Bonchev–Trinajstić information content (AvgIpc) is 2.77. The molecule has 1 fully saturated rings. The summed E-state index contributed by atoms with van der Waals surface area (Å²) >= 11 is 0. The maximum Gasteiger partial charge on any atom is 0.0336 e. The molecule has 1 aromatic heterocycles. The third kappa shape index (κ3) is 2.45. The average molecular weight is 222 g/mol. The molecule has 1 aliphatic rings. The molecule has 2 heterocycles. The Morgan fingerprint density at radius 1 is 1.38 bits per heavy atom. The van der Waals surface area contributed by atoms with E-state index in [1.807, 2.05) is 0 Å². The van der Waals surface area contributed by atoms with Crippen molar-refractivity contribution in [3.63, 3.8) is 0 Å². The lowest BCUT2D eigenvalue weighted by Crippen LogP contribution is -2.45. The van der Waals surface area contributed by atoms with Crippen LogP contribution in [0.4, 0.5) is 0 Å². The number of aromatic amines is 1. The summed E-state index contributed by atoms with van der Waals surface area (Å²) in [5.41, 5.74) is 8.08. The lowest BCUT2D eigenvalue weighted by Gasteiger charge is -2.36. The molecule has 4 nitrogen and oxygen atoms in total. The van der Waals surface area contributed by atoms with Gasteiger partial charge < -0.3 is 15.6 Å². The number of nitrogens with zero attached hydrogens (tertiary/aromatic N) is 2. The Labute approximate surface area is 97.4 Å². The van der Waals surface area contributed by atoms with E-state index in [9.17, 15) is 0 Å². The van der Waals surface area contributed by atoms with Gasteiger partial charge in [0.05, 0.1) is 0 Å². The van der Waals surface area contributed by atoms with E-state index < -0.39 is 0 Å². The van der Waals surface area contributed by atoms with Crippen molar-refractivity contribution in [2.75, 3.05) is 33.2 Å². The molecular formula is C12H22N4. The van der Waals surface area contributed by atoms with Crippen molar-refractivity contribution in [2.45, 2.75) is 19.5 Å². The highest BCUT2D eigenvalue weighted by Crippen LogP contribution is 2.21. The van der Waals surface area contributed by atoms with Gasteiger partial charge in [0.1, 0.15) is 0 Å². The molecule has 1 atom stereocenters. The number of rotatable bonds is 3. The highest BCUT2D eigenvalue weighted by atomic mass is 15.3. The first-order valence-corrected chi connectivity index (χ1v) is 6.00. The second kappa shape index (κ2) is 4.99. The van der Waals surface area contributed by atoms with Crippen molar-refractivity contribution >= 4 is 0 Å². The van der Waals surface area contributed by atoms with Gasteiger partial charge in [-0.25, -0.2) is 0 Å². The molecule has 4 heteroatoms. The van der Waals surface area contributed by atoms with Crippen LogP contribution in [0.3, 0.4) is 0 Å². The molecule has 1 unspecified atom stereocenters. The standard InChI is InChI=1S/C12H22N4/c1-10(11-7-12(8-13)14-9-11)16-5-3-15(2)4-6-16/h7,9-10,14H,3-6,8,13H2,1-2H3. The van der Waals surface area contributed by atoms with Crippen molar-refractivity contribution in [2.24, 2.45) is 5.73 Å². The van der Waals surface area contributed by atoms with Crippen LogP contribution in [0.2, 0.25) is 0 Å². The van der Waals surface area contributed by atoms with Crippen LogP contribution < -0.4 is 5.73 Å². The highest BCUT2D eigenvalue weighted by molar-refractivity contribution is 5.20. The van der Waals surface area contributed by atoms with E-state index >= 15 is 0 Å². The number of H-pyrrole nitrogens is 1. The third-order valence-corrected chi connectivity index (χ3v) is 3.55. The van der Waals surface area contributed by atoms with E-state index in [0.29, 0.717) is 12.6 Å². The van der Waals surface area contributed by atoms with Gasteiger partial charge in [0.15, 0.2) is 0 Å². The fourth-order valence-corrected chi connectivity index (χ4v) is 2.24. The number of likely N-dealkylation sites (N-methyl/N-ethyl adjacent to an activating group) is 1. The Hall–Kier alpha value is -0.840. The predicted octanol–water partition coefficient (Wildman–Crippen LogP) is 0.782. The normalized spacial score (nSPS) is 21.2. The number of aromatic nitrogens is 1. The summed E-state index contributed by atoms with van der Waals surface area (Å²) in [6.45, 7) is 7.50. The first-order valence-electron chi connectivity index (χ1n) is 6.00. The molecule has 0 saturated carbocycles. The quantitative estimate of drug-likeness (QED) is 0.794. The van der Waals surface area contributed by atoms with Gasteiger partial charge in [0.2, 0.25) is 0 Å². The summed E-state index contributed by atoms with van der Waals surface area (Å²) in [4.78, 5) is 8.13. The van der Waals surface area contributed by atoms with Gasteiger partial charge in [-0.15, -0.1) is 0 Å². The minimum atomic E-state index is 0.491. The van der Waals surface area contributed by atoms with Crippen LogP contribution in [0.15, 0.2) is 12.3 Å². The van der Waals surface area contributed by atoms with Gasteiger partial charge >= 0.3 is 0 Å². The van der Waals surface area contributed by atoms with E-state index in [0.717, 1.165) is 18.8 Å². The summed E-state index contributed by atoms with van der Waals surface area (Å²) in [5, 5.41) is 0. The van der Waals surface area contributed by atoms with Gasteiger partial charge in [-0.05, 0) is 25.6 Å². The van der Waals surface area contributed by atoms with Crippen LogP contribution >= 0.6 is 0 Å². The molecule has 1 aromatic rings. The molecule has 0 aromatic carbocycles. The number of piperazine rings is 1. The molecule has 16 heavy (non-hydrogen) atoms. The fourth-order valence-electron chi connectivity index (χ4n) is 2.24. The lowest BCUT2D eigenvalue weighted by molar-refractivity contribution is 0.119. The molecule has 2 rings (SSSR count). The zero-order valence-electron chi connectivity index (χ0n) is 10.2. The zero-order valence-corrected chi connectivity index (χ0v) is 10.2. The van der Waals surface area contributed by atoms with Gasteiger partial charge in [-0.3, -0.25) is 4.90 Å². The Kier molecular flexibility index (Phi) is 3.63. The van der Waals surface area contributed by atoms with Crippen LogP contribution in [0.25, 0.3) is 0 Å². The van der Waals surface area contributed by atoms with Crippen LogP contribution in [0.5, 0.6) is 0 Å². The van der Waals surface area contributed by atoms with Crippen molar-refractivity contribution in [3.05, 3.63) is 23.5 Å². The monoisotopic (exact) mass is 222 g/mol. The Morgan fingerprint density at radius 2 is 2.06 bits per heavy atom. The first-order chi connectivity index (χ1) is 7.70. The number of hydrogen-bond acceptors (Lipinski definition) is 3. The molecule has 3 N–H and O–H groups in total. The van der Waals surface area contributed by atoms with E-state index in [4.69, 9.17) is 5.73 Å². The minimum Gasteiger partial charge on any atom is -0.364 e. The second-order valence-corrected chi connectivity index (χ2v) is 4.68. The smallest absolute Gasteiger partial charge is 0.0336 e. The molecule has 0 amide bonds. The van der Waals surface area contributed by atoms with Crippen molar-refractivity contribution < 1.29 is 0 Å². The summed E-state index contributed by atoms with van der Waals surface area (Å²) < 4.78 is 0. The van der Waals surface area contributed by atoms with E-state index in [1.54, 1.807) is 0 Å². The van der Waals surface area contributed by atoms with E-state index in [2.05, 4.69) is 41.0 Å². The number of nitrogens with two attached hydrogens (primary N) is 1.